The topological polar surface area (TPSA) is 23.8 Å². The number of nitrogens with zero attached hydrogens (tertiary/aromatic N) is 1. The number of rotatable bonds is 2. The Morgan fingerprint density at radius 3 is 2.53 bits per heavy atom. The summed E-state index contributed by atoms with van der Waals surface area (Å²) in [5.41, 5.74) is 4.73. The third-order valence-corrected chi connectivity index (χ3v) is 3.94. The molecule has 1 aliphatic rings. The van der Waals surface area contributed by atoms with Gasteiger partial charge >= 0.3 is 0 Å². The minimum atomic E-state index is 0.424. The molecule has 2 aromatic carbocycles. The minimum absolute atomic E-state index is 0.424. The third-order valence-electron chi connectivity index (χ3n) is 3.94. The van der Waals surface area contributed by atoms with E-state index >= 15 is 0 Å². The highest BCUT2D eigenvalue weighted by molar-refractivity contribution is 5.63. The highest BCUT2D eigenvalue weighted by atomic mass is 14.3. The molecule has 1 heteroatoms. The van der Waals surface area contributed by atoms with E-state index in [4.69, 9.17) is 5.26 Å². The van der Waals surface area contributed by atoms with Gasteiger partial charge in [0.1, 0.15) is 0 Å². The van der Waals surface area contributed by atoms with Crippen molar-refractivity contribution in [2.75, 3.05) is 0 Å². The van der Waals surface area contributed by atoms with E-state index in [1.165, 1.54) is 16.7 Å². The lowest BCUT2D eigenvalue weighted by Crippen LogP contribution is -2.04. The van der Waals surface area contributed by atoms with E-state index in [2.05, 4.69) is 61.5 Å². The molecule has 0 N–H and O–H groups in total. The zero-order chi connectivity index (χ0) is 13.2. The van der Waals surface area contributed by atoms with E-state index in [-0.39, 0.29) is 0 Å². The van der Waals surface area contributed by atoms with Crippen LogP contribution in [0.25, 0.3) is 6.08 Å². The molecule has 2 aromatic rings. The van der Waals surface area contributed by atoms with Gasteiger partial charge in [-0.05, 0) is 34.7 Å². The van der Waals surface area contributed by atoms with Crippen LogP contribution in [0.2, 0.25) is 0 Å². The Hall–Kier alpha value is -2.33. The average Bonchev–Trinajstić information content (AvgIpc) is 2.90. The van der Waals surface area contributed by atoms with Gasteiger partial charge in [0.15, 0.2) is 0 Å². The summed E-state index contributed by atoms with van der Waals surface area (Å²) in [6.07, 6.45) is 4.49. The van der Waals surface area contributed by atoms with Gasteiger partial charge in [-0.3, -0.25) is 0 Å². The summed E-state index contributed by atoms with van der Waals surface area (Å²) in [6.45, 7) is 2.25. The molecule has 0 heterocycles. The maximum Gasteiger partial charge on any atom is 0.0991 e. The molecule has 0 amide bonds. The van der Waals surface area contributed by atoms with E-state index in [9.17, 15) is 0 Å². The molecule has 2 unspecified atom stereocenters. The summed E-state index contributed by atoms with van der Waals surface area (Å²) in [7, 11) is 0. The number of fused-ring (bicyclic) bond motifs is 1. The summed E-state index contributed by atoms with van der Waals surface area (Å²) in [6, 6.07) is 18.7. The molecule has 0 aliphatic heterocycles. The van der Waals surface area contributed by atoms with Crippen LogP contribution in [0.15, 0.2) is 54.6 Å². The smallest absolute Gasteiger partial charge is 0.0991 e. The lowest BCUT2D eigenvalue weighted by molar-refractivity contribution is 0.684. The second-order valence-electron chi connectivity index (χ2n) is 5.04. The predicted octanol–water partition coefficient (Wildman–Crippen LogP) is 4.47. The molecule has 0 saturated carbocycles. The number of hydrogen-bond acceptors (Lipinski definition) is 1. The summed E-state index contributed by atoms with van der Waals surface area (Å²) < 4.78 is 0. The fraction of sp³-hybridized carbons (Fsp3) is 0.167. The predicted molar refractivity (Wildman–Crippen MR) is 77.8 cm³/mol. The van der Waals surface area contributed by atoms with Crippen molar-refractivity contribution >= 4 is 6.08 Å². The summed E-state index contributed by atoms with van der Waals surface area (Å²) in [5.74, 6) is 0.858. The van der Waals surface area contributed by atoms with E-state index in [1.54, 1.807) is 0 Å². The molecule has 0 aromatic heterocycles. The van der Waals surface area contributed by atoms with Crippen molar-refractivity contribution in [1.29, 1.82) is 5.26 Å². The van der Waals surface area contributed by atoms with Gasteiger partial charge in [0.25, 0.3) is 0 Å². The molecule has 3 rings (SSSR count). The number of allylic oxidation sites excluding steroid dienone is 1. The first kappa shape index (κ1) is 11.7. The molecule has 0 saturated heterocycles. The maximum absolute atomic E-state index is 8.85. The van der Waals surface area contributed by atoms with Crippen molar-refractivity contribution in [3.8, 4) is 6.07 Å². The molecular weight excluding hydrogens is 230 g/mol. The van der Waals surface area contributed by atoms with Crippen LogP contribution in [0.4, 0.5) is 0 Å². The Morgan fingerprint density at radius 1 is 1.05 bits per heavy atom. The first-order valence-electron chi connectivity index (χ1n) is 6.57. The molecule has 0 fully saturated rings. The standard InChI is InChI=1S/C18H15N/c1-13(15-8-6-14(12-19)7-9-15)17-11-10-16-4-2-3-5-18(16)17/h2-11,13,17H,1H3. The molecule has 0 radical (unpaired) electrons. The summed E-state index contributed by atoms with van der Waals surface area (Å²) in [5, 5.41) is 8.85. The van der Waals surface area contributed by atoms with Crippen molar-refractivity contribution in [2.45, 2.75) is 18.8 Å². The second-order valence-corrected chi connectivity index (χ2v) is 5.04. The Morgan fingerprint density at radius 2 is 1.79 bits per heavy atom. The van der Waals surface area contributed by atoms with Crippen molar-refractivity contribution in [2.24, 2.45) is 0 Å². The van der Waals surface area contributed by atoms with Gasteiger partial charge in [0.2, 0.25) is 0 Å². The lowest BCUT2D eigenvalue weighted by atomic mass is 9.84. The first-order valence-corrected chi connectivity index (χ1v) is 6.57. The van der Waals surface area contributed by atoms with Gasteiger partial charge in [-0.25, -0.2) is 0 Å². The van der Waals surface area contributed by atoms with Gasteiger partial charge in [-0.2, -0.15) is 5.26 Å². The van der Waals surface area contributed by atoms with Gasteiger partial charge in [0, 0.05) is 5.92 Å². The van der Waals surface area contributed by atoms with E-state index in [0.717, 1.165) is 5.56 Å². The fourth-order valence-corrected chi connectivity index (χ4v) is 2.78. The van der Waals surface area contributed by atoms with Crippen molar-refractivity contribution in [3.05, 3.63) is 76.9 Å². The van der Waals surface area contributed by atoms with Crippen molar-refractivity contribution in [3.63, 3.8) is 0 Å². The SMILES string of the molecule is CC(c1ccc(C#N)cc1)C1C=Cc2ccccc21. The monoisotopic (exact) mass is 245 g/mol. The number of nitriles is 1. The average molecular weight is 245 g/mol. The normalized spacial score (nSPS) is 17.8. The molecule has 2 atom stereocenters. The molecule has 1 aliphatic carbocycles. The van der Waals surface area contributed by atoms with Crippen molar-refractivity contribution in [1.82, 2.24) is 0 Å². The maximum atomic E-state index is 8.85. The Balaban J connectivity index is 1.91. The highest BCUT2D eigenvalue weighted by Crippen LogP contribution is 2.40. The van der Waals surface area contributed by atoms with Crippen LogP contribution in [0.1, 0.15) is 41.0 Å². The molecular formula is C18H15N. The van der Waals surface area contributed by atoms with Crippen LogP contribution in [-0.2, 0) is 0 Å². The Kier molecular flexibility index (Phi) is 2.93. The molecule has 1 nitrogen and oxygen atoms in total. The molecule has 0 spiro atoms. The van der Waals surface area contributed by atoms with Crippen LogP contribution in [0.3, 0.4) is 0 Å². The van der Waals surface area contributed by atoms with Gasteiger partial charge < -0.3 is 0 Å². The largest absolute Gasteiger partial charge is 0.192 e. The molecule has 92 valence electrons. The number of benzene rings is 2. The molecule has 0 bridgehead atoms. The summed E-state index contributed by atoms with van der Waals surface area (Å²) in [4.78, 5) is 0. The second kappa shape index (κ2) is 4.74. The van der Waals surface area contributed by atoms with Crippen LogP contribution in [-0.4, -0.2) is 0 Å². The lowest BCUT2D eigenvalue weighted by Gasteiger charge is -2.20. The highest BCUT2D eigenvalue weighted by Gasteiger charge is 2.23. The van der Waals surface area contributed by atoms with E-state index in [1.807, 2.05) is 12.1 Å². The summed E-state index contributed by atoms with van der Waals surface area (Å²) >= 11 is 0. The van der Waals surface area contributed by atoms with Gasteiger partial charge in [-0.1, -0.05) is 55.5 Å². The van der Waals surface area contributed by atoms with E-state index in [0.29, 0.717) is 11.8 Å². The quantitative estimate of drug-likeness (QED) is 0.765. The van der Waals surface area contributed by atoms with Crippen LogP contribution < -0.4 is 0 Å². The van der Waals surface area contributed by atoms with Gasteiger partial charge in [-0.15, -0.1) is 0 Å². The molecule has 19 heavy (non-hydrogen) atoms. The Bertz CT molecular complexity index is 659. The fourth-order valence-electron chi connectivity index (χ4n) is 2.78. The minimum Gasteiger partial charge on any atom is -0.192 e. The van der Waals surface area contributed by atoms with Crippen LogP contribution >= 0.6 is 0 Å². The zero-order valence-electron chi connectivity index (χ0n) is 10.9. The zero-order valence-corrected chi connectivity index (χ0v) is 10.9. The van der Waals surface area contributed by atoms with Crippen LogP contribution in [0, 0.1) is 11.3 Å². The Labute approximate surface area is 113 Å². The third kappa shape index (κ3) is 2.06. The number of hydrogen-bond donors (Lipinski definition) is 0. The van der Waals surface area contributed by atoms with Gasteiger partial charge in [0.05, 0.1) is 11.6 Å². The van der Waals surface area contributed by atoms with Crippen LogP contribution in [0.5, 0.6) is 0 Å². The first-order chi connectivity index (χ1) is 9.29. The van der Waals surface area contributed by atoms with Crippen molar-refractivity contribution < 1.29 is 0 Å². The van der Waals surface area contributed by atoms with E-state index < -0.39 is 0 Å².